The highest BCUT2D eigenvalue weighted by molar-refractivity contribution is 4.67. The van der Waals surface area contributed by atoms with Crippen molar-refractivity contribution in [2.24, 2.45) is 11.8 Å². The zero-order valence-corrected chi connectivity index (χ0v) is 26.5. The molecule has 1 rings (SSSR count). The molecule has 0 radical (unpaired) electrons. The Bertz CT molecular complexity index is 147. The van der Waals surface area contributed by atoms with Crippen molar-refractivity contribution in [1.29, 1.82) is 0 Å². The van der Waals surface area contributed by atoms with E-state index in [9.17, 15) is 0 Å². The average Bonchev–Trinajstić information content (AvgIpc) is 2.82. The summed E-state index contributed by atoms with van der Waals surface area (Å²) in [6.45, 7) is 38.9. The van der Waals surface area contributed by atoms with E-state index >= 15 is 0 Å². The molecule has 0 heterocycles. The van der Waals surface area contributed by atoms with Crippen LogP contribution in [0.2, 0.25) is 0 Å². The Kier molecular flexibility index (Phi) is 149. The van der Waals surface area contributed by atoms with Crippen molar-refractivity contribution in [1.82, 2.24) is 0 Å². The molecule has 31 heavy (non-hydrogen) atoms. The van der Waals surface area contributed by atoms with Gasteiger partial charge in [0.15, 0.2) is 0 Å². The molecule has 0 aromatic heterocycles. The van der Waals surface area contributed by atoms with Crippen LogP contribution in [-0.2, 0) is 0 Å². The van der Waals surface area contributed by atoms with Gasteiger partial charge in [-0.15, -0.1) is 6.58 Å². The van der Waals surface area contributed by atoms with Gasteiger partial charge in [0, 0.05) is 0 Å². The van der Waals surface area contributed by atoms with Crippen molar-refractivity contribution in [2.45, 2.75) is 182 Å². The maximum Gasteiger partial charge on any atom is -0.0391 e. The van der Waals surface area contributed by atoms with Gasteiger partial charge in [0.1, 0.15) is 0 Å². The van der Waals surface area contributed by atoms with Crippen LogP contribution < -0.4 is 0 Å². The lowest BCUT2D eigenvalue weighted by molar-refractivity contribution is 0.279. The van der Waals surface area contributed by atoms with Gasteiger partial charge in [-0.3, -0.25) is 0 Å². The van der Waals surface area contributed by atoms with Crippen LogP contribution in [0.15, 0.2) is 12.7 Å². The predicted octanol–water partition coefficient (Wildman–Crippen LogP) is 13.5. The van der Waals surface area contributed by atoms with Gasteiger partial charge >= 0.3 is 0 Å². The highest BCUT2D eigenvalue weighted by Gasteiger charge is 2.15. The van der Waals surface area contributed by atoms with Crippen LogP contribution in [-0.4, -0.2) is 0 Å². The summed E-state index contributed by atoms with van der Waals surface area (Å²) in [5.74, 6) is 1.99. The van der Waals surface area contributed by atoms with Crippen LogP contribution in [0.3, 0.4) is 0 Å². The summed E-state index contributed by atoms with van der Waals surface area (Å²) >= 11 is 0. The van der Waals surface area contributed by atoms with E-state index in [0.717, 1.165) is 11.8 Å². The van der Waals surface area contributed by atoms with Crippen LogP contribution in [0.4, 0.5) is 0 Å². The van der Waals surface area contributed by atoms with Crippen molar-refractivity contribution in [3.05, 3.63) is 12.7 Å². The summed E-state index contributed by atoms with van der Waals surface area (Å²) in [7, 11) is 0. The molecular formula is C31H76. The maximum absolute atomic E-state index is 3.36. The summed E-state index contributed by atoms with van der Waals surface area (Å²) in [4.78, 5) is 0. The van der Waals surface area contributed by atoms with Crippen molar-refractivity contribution >= 4 is 0 Å². The molecule has 1 fully saturated rings. The molecule has 0 nitrogen and oxygen atoms in total. The molecule has 0 amide bonds. The fourth-order valence-corrected chi connectivity index (χ4v) is 2.15. The minimum absolute atomic E-state index is 0.935. The van der Waals surface area contributed by atoms with Gasteiger partial charge in [-0.05, 0) is 18.8 Å². The Hall–Kier alpha value is -0.260. The highest BCUT2D eigenvalue weighted by Crippen LogP contribution is 2.29. The fourth-order valence-electron chi connectivity index (χ4n) is 2.15. The summed E-state index contributed by atoms with van der Waals surface area (Å²) in [5.41, 5.74) is 0. The topological polar surface area (TPSA) is 0 Å². The predicted molar refractivity (Wildman–Crippen MR) is 160 cm³/mol. The smallest absolute Gasteiger partial charge is 0.0391 e. The summed E-state index contributed by atoms with van der Waals surface area (Å²) < 4.78 is 0. The Morgan fingerprint density at radius 2 is 0.871 bits per heavy atom. The summed E-state index contributed by atoms with van der Waals surface area (Å²) in [6, 6.07) is 0. The third-order valence-corrected chi connectivity index (χ3v) is 3.30. The van der Waals surface area contributed by atoms with Crippen LogP contribution in [0, 0.1) is 11.8 Å². The van der Waals surface area contributed by atoms with Gasteiger partial charge in [-0.1, -0.05) is 181 Å². The second-order valence-corrected chi connectivity index (χ2v) is 6.82. The lowest BCUT2D eigenvalue weighted by atomic mass is 9.82. The molecule has 1 aliphatic rings. The van der Waals surface area contributed by atoms with Crippen molar-refractivity contribution in [3.8, 4) is 0 Å². The molecule has 0 heteroatoms. The first kappa shape index (κ1) is 52.6. The van der Waals surface area contributed by atoms with Crippen LogP contribution in [0.25, 0.3) is 0 Å². The quantitative estimate of drug-likeness (QED) is 0.376. The average molecular weight is 449 g/mol. The Morgan fingerprint density at radius 1 is 0.645 bits per heavy atom. The third-order valence-electron chi connectivity index (χ3n) is 3.30. The highest BCUT2D eigenvalue weighted by atomic mass is 14.2. The Morgan fingerprint density at radius 3 is 0.968 bits per heavy atom. The fraction of sp³-hybridized carbons (Fsp3) is 0.935. The summed E-state index contributed by atoms with van der Waals surface area (Å²) in [5, 5.41) is 0. The molecule has 0 aromatic rings. The second kappa shape index (κ2) is 87.7. The van der Waals surface area contributed by atoms with Crippen molar-refractivity contribution in [2.75, 3.05) is 0 Å². The minimum atomic E-state index is 0.935. The van der Waals surface area contributed by atoms with Crippen molar-refractivity contribution < 1.29 is 0 Å². The number of unbranched alkanes of at least 4 members (excludes halogenated alkanes) is 2. The van der Waals surface area contributed by atoms with Gasteiger partial charge in [0.05, 0.1) is 0 Å². The van der Waals surface area contributed by atoms with Gasteiger partial charge in [0.2, 0.25) is 0 Å². The van der Waals surface area contributed by atoms with Gasteiger partial charge in [-0.2, -0.15) is 0 Å². The second-order valence-electron chi connectivity index (χ2n) is 6.82. The van der Waals surface area contributed by atoms with E-state index in [1.165, 1.54) is 64.2 Å². The lowest BCUT2D eigenvalue weighted by Gasteiger charge is -2.24. The molecule has 0 bridgehead atoms. The molecule has 0 atom stereocenters. The zero-order valence-electron chi connectivity index (χ0n) is 26.5. The normalized spacial score (nSPS) is 10.4. The zero-order chi connectivity index (χ0) is 26.9. The molecule has 1 saturated carbocycles. The largest absolute Gasteiger partial charge is 0.103 e. The monoisotopic (exact) mass is 449 g/mol. The molecule has 0 N–H and O–H groups in total. The first-order valence-electron chi connectivity index (χ1n) is 14.5. The van der Waals surface area contributed by atoms with E-state index in [-0.39, 0.29) is 0 Å². The van der Waals surface area contributed by atoms with E-state index < -0.39 is 0 Å². The summed E-state index contributed by atoms with van der Waals surface area (Å²) in [6.07, 6.45) is 15.8. The lowest BCUT2D eigenvalue weighted by Crippen LogP contribution is -2.12. The molecule has 0 aliphatic heterocycles. The van der Waals surface area contributed by atoms with E-state index in [1.54, 1.807) is 6.08 Å². The molecule has 0 aromatic carbocycles. The van der Waals surface area contributed by atoms with Gasteiger partial charge in [-0.25, -0.2) is 0 Å². The number of rotatable bonds is 3. The van der Waals surface area contributed by atoms with Crippen LogP contribution >= 0.6 is 0 Å². The molecule has 1 aliphatic carbocycles. The van der Waals surface area contributed by atoms with E-state index in [0.29, 0.717) is 0 Å². The van der Waals surface area contributed by atoms with Gasteiger partial charge in [0.25, 0.3) is 0 Å². The van der Waals surface area contributed by atoms with Crippen molar-refractivity contribution in [3.63, 3.8) is 0 Å². The van der Waals surface area contributed by atoms with Crippen LogP contribution in [0.1, 0.15) is 182 Å². The first-order chi connectivity index (χ1) is 15.0. The molecular weight excluding hydrogens is 372 g/mol. The van der Waals surface area contributed by atoms with Gasteiger partial charge < -0.3 is 0 Å². The number of hydrogen-bond acceptors (Lipinski definition) is 0. The maximum atomic E-state index is 3.36. The Balaban J connectivity index is -0.0000000351. The van der Waals surface area contributed by atoms with E-state index in [2.05, 4.69) is 62.0 Å². The molecule has 0 saturated heterocycles. The van der Waals surface area contributed by atoms with E-state index in [4.69, 9.17) is 0 Å². The number of allylic oxidation sites excluding steroid dienone is 1. The number of hydrogen-bond donors (Lipinski definition) is 0. The minimum Gasteiger partial charge on any atom is -0.103 e. The third kappa shape index (κ3) is 121. The molecule has 200 valence electrons. The molecule has 0 spiro atoms. The standard InChI is InChI=1S/C9H18.C5H12.2C3H8.C3H6.4C2H6/c1-8(2)9-6-4-3-5-7-9;1-3-5-4-2;3*1-3-2;4*1-2/h8-9H,3-7H2,1-2H3;3-5H2,1-2H3;2*3H2,1-2H3;3H,1H2,2H3;4*1-2H3. The first-order valence-corrected chi connectivity index (χ1v) is 14.5. The molecule has 0 unspecified atom stereocenters. The van der Waals surface area contributed by atoms with Crippen LogP contribution in [0.5, 0.6) is 0 Å². The van der Waals surface area contributed by atoms with E-state index in [1.807, 2.05) is 62.3 Å². The Labute approximate surface area is 206 Å². The SMILES string of the molecule is C=CC.CC.CC.CC.CC.CC(C)C1CCCCC1.CCC.CCC.CCCCC.